The van der Waals surface area contributed by atoms with Gasteiger partial charge in [0.25, 0.3) is 0 Å². The van der Waals surface area contributed by atoms with Crippen LogP contribution in [-0.2, 0) is 4.74 Å². The van der Waals surface area contributed by atoms with E-state index in [2.05, 4.69) is 13.8 Å². The molecule has 0 radical (unpaired) electrons. The average Bonchev–Trinajstić information content (AvgIpc) is 2.42. The molecule has 1 aromatic rings. The molecule has 0 saturated carbocycles. The zero-order chi connectivity index (χ0) is 15.1. The van der Waals surface area contributed by atoms with E-state index < -0.39 is 6.10 Å². The topological polar surface area (TPSA) is 38.7 Å². The molecule has 0 spiro atoms. The number of methoxy groups -OCH3 is 1. The number of halogens is 1. The van der Waals surface area contributed by atoms with Crippen LogP contribution in [0.1, 0.15) is 45.3 Å². The third-order valence-electron chi connectivity index (χ3n) is 3.39. The number of hydrogen-bond acceptors (Lipinski definition) is 3. The molecule has 0 aliphatic carbocycles. The summed E-state index contributed by atoms with van der Waals surface area (Å²) in [5, 5.41) is 9.39. The van der Waals surface area contributed by atoms with Crippen LogP contribution in [0.5, 0.6) is 5.75 Å². The minimum Gasteiger partial charge on any atom is -0.496 e. The second-order valence-electron chi connectivity index (χ2n) is 5.31. The third kappa shape index (κ3) is 5.10. The van der Waals surface area contributed by atoms with Gasteiger partial charge in [-0.2, -0.15) is 0 Å². The Bertz CT molecular complexity index is 407. The summed E-state index contributed by atoms with van der Waals surface area (Å²) in [5.41, 5.74) is 0.702. The molecule has 1 rings (SSSR count). The van der Waals surface area contributed by atoms with Gasteiger partial charge in [-0.25, -0.2) is 4.39 Å². The standard InChI is InChI=1S/C16H25FO3/c1-5-11(2)8-16(20-10-12(3)18)14-9-13(17)6-7-15(14)19-4/h6-7,9,11-12,16,18H,5,8,10H2,1-4H3/t11?,12-,16-/m0/s1. The number of aliphatic hydroxyl groups excluding tert-OH is 1. The van der Waals surface area contributed by atoms with Crippen molar-refractivity contribution in [3.8, 4) is 5.75 Å². The van der Waals surface area contributed by atoms with Crippen LogP contribution in [0, 0.1) is 11.7 Å². The predicted molar refractivity (Wildman–Crippen MR) is 77.4 cm³/mol. The van der Waals surface area contributed by atoms with Gasteiger partial charge in [0.15, 0.2) is 0 Å². The van der Waals surface area contributed by atoms with Gasteiger partial charge in [-0.05, 0) is 37.5 Å². The number of hydrogen-bond donors (Lipinski definition) is 1. The number of benzene rings is 1. The molecular formula is C16H25FO3. The van der Waals surface area contributed by atoms with Crippen molar-refractivity contribution < 1.29 is 19.0 Å². The van der Waals surface area contributed by atoms with Gasteiger partial charge < -0.3 is 14.6 Å². The van der Waals surface area contributed by atoms with Gasteiger partial charge in [-0.15, -0.1) is 0 Å². The van der Waals surface area contributed by atoms with E-state index in [0.29, 0.717) is 17.2 Å². The summed E-state index contributed by atoms with van der Waals surface area (Å²) in [4.78, 5) is 0. The van der Waals surface area contributed by atoms with Gasteiger partial charge in [0, 0.05) is 5.56 Å². The molecule has 4 heteroatoms. The molecule has 0 heterocycles. The second-order valence-corrected chi connectivity index (χ2v) is 5.31. The quantitative estimate of drug-likeness (QED) is 0.791. The Morgan fingerprint density at radius 3 is 2.55 bits per heavy atom. The summed E-state index contributed by atoms with van der Waals surface area (Å²) in [6.07, 6.45) is 0.967. The largest absolute Gasteiger partial charge is 0.496 e. The molecule has 1 N–H and O–H groups in total. The highest BCUT2D eigenvalue weighted by Gasteiger charge is 2.20. The predicted octanol–water partition coefficient (Wildman–Crippen LogP) is 3.71. The van der Waals surface area contributed by atoms with Crippen molar-refractivity contribution in [1.29, 1.82) is 0 Å². The highest BCUT2D eigenvalue weighted by molar-refractivity contribution is 5.35. The van der Waals surface area contributed by atoms with Crippen LogP contribution < -0.4 is 4.74 Å². The molecule has 3 atom stereocenters. The van der Waals surface area contributed by atoms with Crippen LogP contribution >= 0.6 is 0 Å². The summed E-state index contributed by atoms with van der Waals surface area (Å²) < 4.78 is 24.6. The van der Waals surface area contributed by atoms with Crippen LogP contribution in [-0.4, -0.2) is 24.9 Å². The number of rotatable bonds is 8. The Kier molecular flexibility index (Phi) is 6.96. The summed E-state index contributed by atoms with van der Waals surface area (Å²) >= 11 is 0. The van der Waals surface area contributed by atoms with Crippen LogP contribution in [0.3, 0.4) is 0 Å². The summed E-state index contributed by atoms with van der Waals surface area (Å²) in [6.45, 7) is 6.13. The van der Waals surface area contributed by atoms with E-state index >= 15 is 0 Å². The SMILES string of the molecule is CCC(C)C[C@H](OC[C@H](C)O)c1cc(F)ccc1OC. The van der Waals surface area contributed by atoms with Gasteiger partial charge in [0.1, 0.15) is 11.6 Å². The van der Waals surface area contributed by atoms with E-state index in [-0.39, 0.29) is 18.5 Å². The van der Waals surface area contributed by atoms with Crippen molar-refractivity contribution in [2.75, 3.05) is 13.7 Å². The van der Waals surface area contributed by atoms with Gasteiger partial charge >= 0.3 is 0 Å². The van der Waals surface area contributed by atoms with E-state index in [1.807, 2.05) is 0 Å². The van der Waals surface area contributed by atoms with E-state index in [9.17, 15) is 9.50 Å². The molecule has 0 aromatic heterocycles. The summed E-state index contributed by atoms with van der Waals surface area (Å²) in [6, 6.07) is 4.44. The molecule has 0 aliphatic heterocycles. The lowest BCUT2D eigenvalue weighted by Crippen LogP contribution is -2.17. The normalized spacial score (nSPS) is 15.7. The van der Waals surface area contributed by atoms with Crippen molar-refractivity contribution in [3.63, 3.8) is 0 Å². The Balaban J connectivity index is 2.98. The maximum atomic E-state index is 13.5. The van der Waals surface area contributed by atoms with Gasteiger partial charge in [-0.1, -0.05) is 20.3 Å². The van der Waals surface area contributed by atoms with Crippen molar-refractivity contribution in [3.05, 3.63) is 29.6 Å². The lowest BCUT2D eigenvalue weighted by atomic mass is 9.95. The molecule has 0 amide bonds. The first-order valence-corrected chi connectivity index (χ1v) is 7.11. The Hall–Kier alpha value is -1.13. The minimum absolute atomic E-state index is 0.223. The number of ether oxygens (including phenoxy) is 2. The lowest BCUT2D eigenvalue weighted by Gasteiger charge is -2.24. The fourth-order valence-corrected chi connectivity index (χ4v) is 2.03. The fraction of sp³-hybridized carbons (Fsp3) is 0.625. The first kappa shape index (κ1) is 16.9. The first-order chi connectivity index (χ1) is 9.47. The molecule has 0 aliphatic rings. The minimum atomic E-state index is -0.547. The Morgan fingerprint density at radius 1 is 1.30 bits per heavy atom. The highest BCUT2D eigenvalue weighted by atomic mass is 19.1. The summed E-state index contributed by atoms with van der Waals surface area (Å²) in [5.74, 6) is 0.753. The highest BCUT2D eigenvalue weighted by Crippen LogP contribution is 2.33. The maximum Gasteiger partial charge on any atom is 0.124 e. The van der Waals surface area contributed by atoms with Gasteiger partial charge in [0.05, 0.1) is 25.9 Å². The van der Waals surface area contributed by atoms with Crippen molar-refractivity contribution in [2.24, 2.45) is 5.92 Å². The van der Waals surface area contributed by atoms with Crippen LogP contribution in [0.4, 0.5) is 4.39 Å². The number of aliphatic hydroxyl groups is 1. The monoisotopic (exact) mass is 284 g/mol. The van der Waals surface area contributed by atoms with E-state index in [4.69, 9.17) is 9.47 Å². The molecule has 3 nitrogen and oxygen atoms in total. The third-order valence-corrected chi connectivity index (χ3v) is 3.39. The summed E-state index contributed by atoms with van der Waals surface area (Å²) in [7, 11) is 1.56. The van der Waals surface area contributed by atoms with E-state index in [1.165, 1.54) is 12.1 Å². The molecule has 20 heavy (non-hydrogen) atoms. The smallest absolute Gasteiger partial charge is 0.124 e. The van der Waals surface area contributed by atoms with Crippen molar-refractivity contribution in [2.45, 2.75) is 45.8 Å². The van der Waals surface area contributed by atoms with Crippen LogP contribution in [0.15, 0.2) is 18.2 Å². The molecule has 114 valence electrons. The zero-order valence-corrected chi connectivity index (χ0v) is 12.7. The maximum absolute atomic E-state index is 13.5. The Morgan fingerprint density at radius 2 is 2.00 bits per heavy atom. The molecule has 0 fully saturated rings. The molecule has 1 aromatic carbocycles. The van der Waals surface area contributed by atoms with Crippen molar-refractivity contribution in [1.82, 2.24) is 0 Å². The molecular weight excluding hydrogens is 259 g/mol. The first-order valence-electron chi connectivity index (χ1n) is 7.11. The lowest BCUT2D eigenvalue weighted by molar-refractivity contribution is -0.0147. The molecule has 0 saturated heterocycles. The average molecular weight is 284 g/mol. The van der Waals surface area contributed by atoms with Crippen molar-refractivity contribution >= 4 is 0 Å². The van der Waals surface area contributed by atoms with Crippen LogP contribution in [0.25, 0.3) is 0 Å². The second kappa shape index (κ2) is 8.22. The zero-order valence-electron chi connectivity index (χ0n) is 12.7. The van der Waals surface area contributed by atoms with Crippen LogP contribution in [0.2, 0.25) is 0 Å². The molecule has 1 unspecified atom stereocenters. The molecule has 0 bridgehead atoms. The fourth-order valence-electron chi connectivity index (χ4n) is 2.03. The Labute approximate surface area is 120 Å². The van der Waals surface area contributed by atoms with Gasteiger partial charge in [-0.3, -0.25) is 0 Å². The van der Waals surface area contributed by atoms with E-state index in [1.54, 1.807) is 20.1 Å². The van der Waals surface area contributed by atoms with E-state index in [0.717, 1.165) is 12.8 Å². The van der Waals surface area contributed by atoms with Gasteiger partial charge in [0.2, 0.25) is 0 Å².